The van der Waals surface area contributed by atoms with Crippen molar-refractivity contribution in [3.05, 3.63) is 34.8 Å². The van der Waals surface area contributed by atoms with Crippen molar-refractivity contribution < 1.29 is 18.8 Å². The van der Waals surface area contributed by atoms with Crippen LogP contribution in [-0.4, -0.2) is 28.1 Å². The Bertz CT molecular complexity index is 772. The van der Waals surface area contributed by atoms with Crippen LogP contribution in [0.2, 0.25) is 0 Å². The van der Waals surface area contributed by atoms with E-state index in [1.165, 1.54) is 0 Å². The second-order valence-corrected chi connectivity index (χ2v) is 6.27. The van der Waals surface area contributed by atoms with Gasteiger partial charge in [-0.3, -0.25) is 14.2 Å². The minimum Gasteiger partial charge on any atom is -0.457 e. The van der Waals surface area contributed by atoms with E-state index in [9.17, 15) is 9.59 Å². The van der Waals surface area contributed by atoms with E-state index < -0.39 is 0 Å². The van der Waals surface area contributed by atoms with Gasteiger partial charge in [-0.05, 0) is 39.2 Å². The van der Waals surface area contributed by atoms with Crippen LogP contribution in [0, 0.1) is 32.6 Å². The van der Waals surface area contributed by atoms with Crippen LogP contribution >= 0.6 is 0 Å². The molecule has 0 aromatic carbocycles. The molecule has 1 aliphatic rings. The monoisotopic (exact) mass is 316 g/mol. The second-order valence-electron chi connectivity index (χ2n) is 6.27. The molecule has 23 heavy (non-hydrogen) atoms. The van der Waals surface area contributed by atoms with Crippen LogP contribution in [-0.2, 0) is 9.53 Å². The number of aromatic nitrogens is 2. The van der Waals surface area contributed by atoms with Crippen LogP contribution < -0.4 is 0 Å². The van der Waals surface area contributed by atoms with Crippen molar-refractivity contribution in [1.82, 2.24) is 9.72 Å². The average molecular weight is 316 g/mol. The molecule has 6 nitrogen and oxygen atoms in total. The third-order valence-corrected chi connectivity index (χ3v) is 4.33. The number of rotatable bonds is 5. The predicted octanol–water partition coefficient (Wildman–Crippen LogP) is 2.77. The molecule has 0 N–H and O–H groups in total. The molecule has 2 heterocycles. The number of hydrogen-bond donors (Lipinski definition) is 0. The molecular formula is C17H20N2O4. The van der Waals surface area contributed by atoms with Gasteiger partial charge in [-0.2, -0.15) is 0 Å². The topological polar surface area (TPSA) is 74.3 Å². The SMILES string of the molecule is Cc1cc(-n2c(C)cc(C(=O)COC(=O)C3CC3C)c2C)no1. The number of ketones is 1. The molecule has 0 spiro atoms. The Balaban J connectivity index is 1.75. The highest BCUT2D eigenvalue weighted by atomic mass is 16.5. The van der Waals surface area contributed by atoms with Crippen molar-refractivity contribution in [1.29, 1.82) is 0 Å². The largest absolute Gasteiger partial charge is 0.457 e. The van der Waals surface area contributed by atoms with E-state index in [1.54, 1.807) is 6.07 Å². The molecule has 122 valence electrons. The van der Waals surface area contributed by atoms with Gasteiger partial charge in [0.1, 0.15) is 5.76 Å². The fraction of sp³-hybridized carbons (Fsp3) is 0.471. The van der Waals surface area contributed by atoms with Gasteiger partial charge in [-0.15, -0.1) is 0 Å². The van der Waals surface area contributed by atoms with E-state index >= 15 is 0 Å². The van der Waals surface area contributed by atoms with Gasteiger partial charge in [0.05, 0.1) is 5.92 Å². The third kappa shape index (κ3) is 2.93. The average Bonchev–Trinajstić information content (AvgIpc) is 2.96. The lowest BCUT2D eigenvalue weighted by Gasteiger charge is -2.06. The molecule has 0 saturated heterocycles. The Hall–Kier alpha value is -2.37. The number of aryl methyl sites for hydroxylation is 2. The molecule has 0 aliphatic heterocycles. The van der Waals surface area contributed by atoms with Gasteiger partial charge in [0, 0.05) is 23.0 Å². The van der Waals surface area contributed by atoms with E-state index in [-0.39, 0.29) is 24.3 Å². The molecule has 2 atom stereocenters. The lowest BCUT2D eigenvalue weighted by atomic mass is 10.1. The lowest BCUT2D eigenvalue weighted by molar-refractivity contribution is -0.144. The van der Waals surface area contributed by atoms with Crippen LogP contribution in [0.15, 0.2) is 16.7 Å². The summed E-state index contributed by atoms with van der Waals surface area (Å²) in [5.41, 5.74) is 2.18. The minimum atomic E-state index is -0.271. The molecule has 3 rings (SSSR count). The number of hydrogen-bond acceptors (Lipinski definition) is 5. The molecule has 1 fully saturated rings. The molecule has 1 saturated carbocycles. The van der Waals surface area contributed by atoms with Crippen LogP contribution in [0.5, 0.6) is 0 Å². The summed E-state index contributed by atoms with van der Waals surface area (Å²) in [5, 5.41) is 3.99. The number of ether oxygens (including phenoxy) is 1. The maximum absolute atomic E-state index is 12.4. The summed E-state index contributed by atoms with van der Waals surface area (Å²) in [4.78, 5) is 24.1. The van der Waals surface area contributed by atoms with E-state index in [2.05, 4.69) is 5.16 Å². The fourth-order valence-corrected chi connectivity index (χ4v) is 2.83. The van der Waals surface area contributed by atoms with Gasteiger partial charge in [-0.1, -0.05) is 12.1 Å². The summed E-state index contributed by atoms with van der Waals surface area (Å²) in [6.07, 6.45) is 0.854. The van der Waals surface area contributed by atoms with Crippen LogP contribution in [0.1, 0.15) is 40.9 Å². The summed E-state index contributed by atoms with van der Waals surface area (Å²) < 4.78 is 12.1. The lowest BCUT2D eigenvalue weighted by Crippen LogP contribution is -2.16. The molecule has 1 aliphatic carbocycles. The molecule has 6 heteroatoms. The minimum absolute atomic E-state index is 0.0339. The first-order chi connectivity index (χ1) is 10.9. The highest BCUT2D eigenvalue weighted by Gasteiger charge is 2.40. The summed E-state index contributed by atoms with van der Waals surface area (Å²) in [6.45, 7) is 7.33. The molecular weight excluding hydrogens is 296 g/mol. The smallest absolute Gasteiger partial charge is 0.309 e. The van der Waals surface area contributed by atoms with Gasteiger partial charge < -0.3 is 9.26 Å². The van der Waals surface area contributed by atoms with Crippen LogP contribution in [0.25, 0.3) is 5.82 Å². The van der Waals surface area contributed by atoms with Crippen molar-refractivity contribution in [3.8, 4) is 5.82 Å². The van der Waals surface area contributed by atoms with E-state index in [1.807, 2.05) is 38.3 Å². The van der Waals surface area contributed by atoms with Gasteiger partial charge in [0.25, 0.3) is 0 Å². The maximum atomic E-state index is 12.4. The number of carbonyl (C=O) groups excluding carboxylic acids is 2. The molecule has 0 radical (unpaired) electrons. The Labute approximate surface area is 134 Å². The highest BCUT2D eigenvalue weighted by molar-refractivity contribution is 5.99. The summed E-state index contributed by atoms with van der Waals surface area (Å²) in [6, 6.07) is 3.60. The van der Waals surface area contributed by atoms with Crippen molar-refractivity contribution in [3.63, 3.8) is 0 Å². The summed E-state index contributed by atoms with van der Waals surface area (Å²) in [7, 11) is 0. The van der Waals surface area contributed by atoms with Crippen molar-refractivity contribution >= 4 is 11.8 Å². The molecule has 0 amide bonds. The molecule has 0 bridgehead atoms. The Morgan fingerprint density at radius 1 is 1.35 bits per heavy atom. The van der Waals surface area contributed by atoms with Gasteiger partial charge in [0.15, 0.2) is 12.4 Å². The van der Waals surface area contributed by atoms with Gasteiger partial charge >= 0.3 is 5.97 Å². The maximum Gasteiger partial charge on any atom is 0.309 e. The zero-order chi connectivity index (χ0) is 16.7. The molecule has 2 aromatic rings. The standard InChI is InChI=1S/C17H20N2O4/c1-9-5-13(9)17(21)22-8-15(20)14-6-10(2)19(12(14)4)16-7-11(3)23-18-16/h6-7,9,13H,5,8H2,1-4H3. The van der Waals surface area contributed by atoms with Gasteiger partial charge in [-0.25, -0.2) is 0 Å². The normalized spacial score (nSPS) is 19.7. The first kappa shape index (κ1) is 15.5. The number of nitrogens with zero attached hydrogens (tertiary/aromatic N) is 2. The van der Waals surface area contributed by atoms with Crippen LogP contribution in [0.3, 0.4) is 0 Å². The first-order valence-corrected chi connectivity index (χ1v) is 7.71. The zero-order valence-electron chi connectivity index (χ0n) is 13.8. The summed E-state index contributed by atoms with van der Waals surface area (Å²) >= 11 is 0. The van der Waals surface area contributed by atoms with Gasteiger partial charge in [0.2, 0.25) is 5.78 Å². The highest BCUT2D eigenvalue weighted by Crippen LogP contribution is 2.38. The quantitative estimate of drug-likeness (QED) is 0.626. The third-order valence-electron chi connectivity index (χ3n) is 4.33. The second kappa shape index (κ2) is 5.68. The Kier molecular flexibility index (Phi) is 3.83. The van der Waals surface area contributed by atoms with E-state index in [4.69, 9.17) is 9.26 Å². The van der Waals surface area contributed by atoms with Crippen molar-refractivity contribution in [2.75, 3.05) is 6.61 Å². The number of carbonyl (C=O) groups is 2. The molecule has 2 aromatic heterocycles. The predicted molar refractivity (Wildman–Crippen MR) is 82.6 cm³/mol. The number of Topliss-reactive ketones (excluding diaryl/α,β-unsaturated/α-hetero) is 1. The van der Waals surface area contributed by atoms with Crippen molar-refractivity contribution in [2.24, 2.45) is 11.8 Å². The van der Waals surface area contributed by atoms with Crippen LogP contribution in [0.4, 0.5) is 0 Å². The fourth-order valence-electron chi connectivity index (χ4n) is 2.83. The zero-order valence-corrected chi connectivity index (χ0v) is 13.8. The van der Waals surface area contributed by atoms with E-state index in [0.717, 1.165) is 17.8 Å². The van der Waals surface area contributed by atoms with Crippen molar-refractivity contribution in [2.45, 2.75) is 34.1 Å². The summed E-state index contributed by atoms with van der Waals surface area (Å²) in [5.74, 6) is 1.21. The molecule has 2 unspecified atom stereocenters. The Morgan fingerprint density at radius 2 is 2.04 bits per heavy atom. The first-order valence-electron chi connectivity index (χ1n) is 7.71. The van der Waals surface area contributed by atoms with E-state index in [0.29, 0.717) is 23.1 Å². The number of esters is 1. The Morgan fingerprint density at radius 3 is 2.61 bits per heavy atom.